The summed E-state index contributed by atoms with van der Waals surface area (Å²) in [5.41, 5.74) is -0.191. The second-order valence-corrected chi connectivity index (χ2v) is 5.44. The summed E-state index contributed by atoms with van der Waals surface area (Å²) < 4.78 is 43.2. The first kappa shape index (κ1) is 15.9. The van der Waals surface area contributed by atoms with E-state index >= 15 is 0 Å². The molecule has 21 heavy (non-hydrogen) atoms. The zero-order chi connectivity index (χ0) is 15.7. The van der Waals surface area contributed by atoms with Crippen LogP contribution in [0.3, 0.4) is 0 Å². The number of hydrogen-bond donors (Lipinski definition) is 0. The monoisotopic (exact) mass is 298 g/mol. The maximum Gasteiger partial charge on any atom is 0.494 e. The van der Waals surface area contributed by atoms with E-state index in [-0.39, 0.29) is 6.61 Å². The summed E-state index contributed by atoms with van der Waals surface area (Å²) >= 11 is 0. The van der Waals surface area contributed by atoms with Crippen LogP contribution >= 0.6 is 0 Å². The van der Waals surface area contributed by atoms with Crippen molar-refractivity contribution >= 4 is 18.6 Å². The van der Waals surface area contributed by atoms with Crippen molar-refractivity contribution in [3.05, 3.63) is 29.8 Å². The van der Waals surface area contributed by atoms with E-state index in [0.717, 1.165) is 0 Å². The molecule has 1 saturated heterocycles. The quantitative estimate of drug-likeness (QED) is 0.629. The Bertz CT molecular complexity index is 516. The first-order valence-electron chi connectivity index (χ1n) is 6.71. The fourth-order valence-electron chi connectivity index (χ4n) is 1.99. The number of ether oxygens (including phenoxy) is 1. The van der Waals surface area contributed by atoms with Crippen molar-refractivity contribution in [1.82, 2.24) is 0 Å². The zero-order valence-electron chi connectivity index (χ0n) is 12.2. The number of rotatable bonds is 4. The molecule has 114 valence electrons. The predicted molar refractivity (Wildman–Crippen MR) is 73.5 cm³/mol. The molecule has 0 saturated carbocycles. The molecule has 4 nitrogen and oxygen atoms in total. The van der Waals surface area contributed by atoms with Gasteiger partial charge in [-0.2, -0.15) is 8.78 Å². The first-order valence-corrected chi connectivity index (χ1v) is 6.71. The molecule has 2 rings (SSSR count). The molecule has 0 radical (unpaired) electrons. The lowest BCUT2D eigenvalue weighted by molar-refractivity contribution is -0.173. The topological polar surface area (TPSA) is 44.8 Å². The van der Waals surface area contributed by atoms with Gasteiger partial charge in [0.25, 0.3) is 0 Å². The summed E-state index contributed by atoms with van der Waals surface area (Å²) in [6, 6.07) is 5.30. The van der Waals surface area contributed by atoms with Gasteiger partial charge in [-0.1, -0.05) is 24.3 Å². The Balaban J connectivity index is 2.14. The van der Waals surface area contributed by atoms with Crippen molar-refractivity contribution in [1.29, 1.82) is 0 Å². The lowest BCUT2D eigenvalue weighted by Crippen LogP contribution is -2.35. The van der Waals surface area contributed by atoms with Gasteiger partial charge < -0.3 is 14.0 Å². The summed E-state index contributed by atoms with van der Waals surface area (Å²) in [7, 11) is -0.578. The summed E-state index contributed by atoms with van der Waals surface area (Å²) in [5.74, 6) is -5.21. The van der Waals surface area contributed by atoms with Crippen molar-refractivity contribution in [2.75, 3.05) is 13.2 Å². The maximum absolute atomic E-state index is 13.8. The molecule has 7 heteroatoms. The van der Waals surface area contributed by atoms with Gasteiger partial charge in [0.15, 0.2) is 0 Å². The van der Waals surface area contributed by atoms with E-state index in [9.17, 15) is 13.6 Å². The first-order chi connectivity index (χ1) is 9.76. The van der Waals surface area contributed by atoms with Crippen LogP contribution in [0.4, 0.5) is 8.78 Å². The van der Waals surface area contributed by atoms with E-state index < -0.39 is 30.2 Å². The average Bonchev–Trinajstić information content (AvgIpc) is 2.79. The normalized spacial score (nSPS) is 17.9. The molecule has 1 aliphatic rings. The minimum Gasteiger partial charge on any atom is -0.461 e. The molecular formula is C14H17BF2O4. The van der Waals surface area contributed by atoms with Crippen LogP contribution in [0, 0.1) is 0 Å². The molecule has 0 spiro atoms. The largest absolute Gasteiger partial charge is 0.494 e. The Kier molecular flexibility index (Phi) is 4.34. The second-order valence-electron chi connectivity index (χ2n) is 5.44. The van der Waals surface area contributed by atoms with Crippen molar-refractivity contribution < 1.29 is 27.6 Å². The number of benzene rings is 1. The predicted octanol–water partition coefficient (Wildman–Crippen LogP) is 1.86. The van der Waals surface area contributed by atoms with E-state index in [4.69, 9.17) is 9.31 Å². The smallest absolute Gasteiger partial charge is 0.461 e. The van der Waals surface area contributed by atoms with E-state index in [0.29, 0.717) is 12.1 Å². The van der Waals surface area contributed by atoms with Crippen molar-refractivity contribution in [3.8, 4) is 0 Å². The van der Waals surface area contributed by atoms with Crippen molar-refractivity contribution in [2.24, 2.45) is 0 Å². The van der Waals surface area contributed by atoms with Gasteiger partial charge in [-0.15, -0.1) is 0 Å². The fraction of sp³-hybridized carbons (Fsp3) is 0.500. The summed E-state index contributed by atoms with van der Waals surface area (Å²) in [6.45, 7) is 5.59. The molecule has 0 bridgehead atoms. The van der Waals surface area contributed by atoms with Gasteiger partial charge in [-0.05, 0) is 26.2 Å². The molecule has 0 amide bonds. The van der Waals surface area contributed by atoms with Crippen LogP contribution in [0.15, 0.2) is 24.3 Å². The maximum atomic E-state index is 13.8. The highest BCUT2D eigenvalue weighted by Gasteiger charge is 2.43. The van der Waals surface area contributed by atoms with Gasteiger partial charge in [0, 0.05) is 5.56 Å². The molecule has 1 heterocycles. The molecule has 1 aromatic rings. The van der Waals surface area contributed by atoms with E-state index in [1.54, 1.807) is 0 Å². The van der Waals surface area contributed by atoms with Crippen LogP contribution in [-0.2, 0) is 24.8 Å². The average molecular weight is 298 g/mol. The third-order valence-corrected chi connectivity index (χ3v) is 3.09. The highest BCUT2D eigenvalue weighted by molar-refractivity contribution is 6.61. The van der Waals surface area contributed by atoms with E-state index in [1.165, 1.54) is 31.2 Å². The molecule has 0 N–H and O–H groups in total. The molecule has 0 aromatic heterocycles. The number of halogens is 2. The number of carbonyl (C=O) groups excluding carboxylic acids is 1. The minimum absolute atomic E-state index is 0.0919. The van der Waals surface area contributed by atoms with Gasteiger partial charge in [-0.25, -0.2) is 4.79 Å². The molecule has 1 fully saturated rings. The van der Waals surface area contributed by atoms with Crippen LogP contribution in [0.5, 0.6) is 0 Å². The second kappa shape index (κ2) is 5.73. The standard InChI is InChI=1S/C14H17BF2O4/c1-4-19-12(18)14(16,17)10-5-7-11(8-6-10)15-20-9-13(2,3)21-15/h5-8H,4,9H2,1-3H3. The zero-order valence-corrected chi connectivity index (χ0v) is 12.2. The highest BCUT2D eigenvalue weighted by atomic mass is 19.3. The molecular weight excluding hydrogens is 281 g/mol. The van der Waals surface area contributed by atoms with Crippen molar-refractivity contribution in [3.63, 3.8) is 0 Å². The van der Waals surface area contributed by atoms with Gasteiger partial charge in [-0.3, -0.25) is 0 Å². The molecule has 0 unspecified atom stereocenters. The third-order valence-electron chi connectivity index (χ3n) is 3.09. The van der Waals surface area contributed by atoms with Crippen LogP contribution in [0.25, 0.3) is 0 Å². The fourth-order valence-corrected chi connectivity index (χ4v) is 1.99. The number of hydrogen-bond acceptors (Lipinski definition) is 4. The SMILES string of the molecule is CCOC(=O)C(F)(F)c1ccc(B2OCC(C)(C)O2)cc1. The van der Waals surface area contributed by atoms with Crippen molar-refractivity contribution in [2.45, 2.75) is 32.3 Å². The number of carbonyl (C=O) groups is 1. The Hall–Kier alpha value is -1.47. The Morgan fingerprint density at radius 3 is 2.48 bits per heavy atom. The molecule has 0 aliphatic carbocycles. The van der Waals surface area contributed by atoms with Crippen LogP contribution in [-0.4, -0.2) is 31.9 Å². The molecule has 1 aliphatic heterocycles. The van der Waals surface area contributed by atoms with E-state index in [1.807, 2.05) is 13.8 Å². The lowest BCUT2D eigenvalue weighted by atomic mass is 9.78. The van der Waals surface area contributed by atoms with Gasteiger partial charge >= 0.3 is 19.0 Å². The van der Waals surface area contributed by atoms with Gasteiger partial charge in [0.1, 0.15) is 0 Å². The summed E-state index contributed by atoms with van der Waals surface area (Å²) in [4.78, 5) is 11.3. The summed E-state index contributed by atoms with van der Waals surface area (Å²) in [5, 5.41) is 0. The Morgan fingerprint density at radius 1 is 1.38 bits per heavy atom. The molecule has 1 aromatic carbocycles. The van der Waals surface area contributed by atoms with Gasteiger partial charge in [0.2, 0.25) is 0 Å². The Morgan fingerprint density at radius 2 is 2.00 bits per heavy atom. The minimum atomic E-state index is -3.66. The lowest BCUT2D eigenvalue weighted by Gasteiger charge is -2.17. The number of esters is 1. The van der Waals surface area contributed by atoms with Crippen LogP contribution in [0.2, 0.25) is 0 Å². The Labute approximate surface area is 122 Å². The van der Waals surface area contributed by atoms with Crippen LogP contribution in [0.1, 0.15) is 26.3 Å². The highest BCUT2D eigenvalue weighted by Crippen LogP contribution is 2.29. The summed E-state index contributed by atoms with van der Waals surface area (Å²) in [6.07, 6.45) is 0. The van der Waals surface area contributed by atoms with Crippen LogP contribution < -0.4 is 5.46 Å². The molecule has 0 atom stereocenters. The number of alkyl halides is 2. The van der Waals surface area contributed by atoms with E-state index in [2.05, 4.69) is 4.74 Å². The third kappa shape index (κ3) is 3.41. The van der Waals surface area contributed by atoms with Gasteiger partial charge in [0.05, 0.1) is 18.8 Å².